The SMILES string of the molecule is CCCCOc1ccc(-c2nnn(CC(=O)NNC(=O)c3ccccc3[N+](=O)[O-])n2)cc1. The predicted octanol–water partition coefficient (Wildman–Crippen LogP) is 1.89. The van der Waals surface area contributed by atoms with Gasteiger partial charge in [-0.25, -0.2) is 0 Å². The van der Waals surface area contributed by atoms with Crippen LogP contribution in [0.25, 0.3) is 11.4 Å². The van der Waals surface area contributed by atoms with Crippen molar-refractivity contribution in [2.75, 3.05) is 6.61 Å². The molecule has 12 nitrogen and oxygen atoms in total. The fourth-order valence-corrected chi connectivity index (χ4v) is 2.65. The smallest absolute Gasteiger partial charge is 0.282 e. The number of hydrogen-bond donors (Lipinski definition) is 2. The molecule has 0 spiro atoms. The summed E-state index contributed by atoms with van der Waals surface area (Å²) < 4.78 is 5.61. The van der Waals surface area contributed by atoms with Gasteiger partial charge in [0.15, 0.2) is 0 Å². The molecule has 2 amide bonds. The molecule has 2 aromatic carbocycles. The number of para-hydroxylation sites is 1. The van der Waals surface area contributed by atoms with Gasteiger partial charge >= 0.3 is 0 Å². The zero-order valence-corrected chi connectivity index (χ0v) is 17.2. The molecule has 0 unspecified atom stereocenters. The van der Waals surface area contributed by atoms with Crippen LogP contribution in [-0.4, -0.2) is 43.6 Å². The first kappa shape index (κ1) is 22.3. The largest absolute Gasteiger partial charge is 0.494 e. The number of ether oxygens (including phenoxy) is 1. The van der Waals surface area contributed by atoms with Crippen molar-refractivity contribution in [3.8, 4) is 17.1 Å². The number of carbonyl (C=O) groups excluding carboxylic acids is 2. The molecular formula is C20H21N7O5. The monoisotopic (exact) mass is 439 g/mol. The Morgan fingerprint density at radius 2 is 1.88 bits per heavy atom. The average Bonchev–Trinajstić information content (AvgIpc) is 3.26. The van der Waals surface area contributed by atoms with Gasteiger partial charge in [0.1, 0.15) is 17.9 Å². The molecule has 1 heterocycles. The second-order valence-corrected chi connectivity index (χ2v) is 6.65. The lowest BCUT2D eigenvalue weighted by Crippen LogP contribution is -2.43. The molecule has 0 fully saturated rings. The van der Waals surface area contributed by atoms with Crippen molar-refractivity contribution in [3.05, 3.63) is 64.2 Å². The van der Waals surface area contributed by atoms with Crippen LogP contribution in [0.3, 0.4) is 0 Å². The van der Waals surface area contributed by atoms with Crippen LogP contribution in [0.2, 0.25) is 0 Å². The van der Waals surface area contributed by atoms with Gasteiger partial charge in [-0.05, 0) is 42.0 Å². The molecule has 32 heavy (non-hydrogen) atoms. The number of hydrogen-bond acceptors (Lipinski definition) is 8. The van der Waals surface area contributed by atoms with Crippen LogP contribution in [0.15, 0.2) is 48.5 Å². The summed E-state index contributed by atoms with van der Waals surface area (Å²) in [6, 6.07) is 12.6. The minimum Gasteiger partial charge on any atom is -0.494 e. The molecular weight excluding hydrogens is 418 g/mol. The van der Waals surface area contributed by atoms with Crippen molar-refractivity contribution in [2.45, 2.75) is 26.3 Å². The van der Waals surface area contributed by atoms with Crippen LogP contribution >= 0.6 is 0 Å². The topological polar surface area (TPSA) is 154 Å². The summed E-state index contributed by atoms with van der Waals surface area (Å²) in [7, 11) is 0. The Kier molecular flexibility index (Phi) is 7.41. The third kappa shape index (κ3) is 5.84. The number of hydrazine groups is 1. The van der Waals surface area contributed by atoms with Gasteiger partial charge < -0.3 is 4.74 Å². The maximum atomic E-state index is 12.1. The highest BCUT2D eigenvalue weighted by Crippen LogP contribution is 2.19. The molecule has 0 atom stereocenters. The van der Waals surface area contributed by atoms with Gasteiger partial charge in [-0.15, -0.1) is 10.2 Å². The van der Waals surface area contributed by atoms with Gasteiger partial charge in [0, 0.05) is 11.6 Å². The fraction of sp³-hybridized carbons (Fsp3) is 0.250. The zero-order valence-electron chi connectivity index (χ0n) is 17.2. The van der Waals surface area contributed by atoms with E-state index in [0.717, 1.165) is 23.4 Å². The number of nitrogens with zero attached hydrogens (tertiary/aromatic N) is 5. The third-order valence-corrected chi connectivity index (χ3v) is 4.28. The number of carbonyl (C=O) groups is 2. The van der Waals surface area contributed by atoms with Crippen molar-refractivity contribution >= 4 is 17.5 Å². The quantitative estimate of drug-likeness (QED) is 0.291. The molecule has 2 N–H and O–H groups in total. The van der Waals surface area contributed by atoms with E-state index < -0.39 is 16.7 Å². The molecule has 166 valence electrons. The molecule has 3 aromatic rings. The zero-order chi connectivity index (χ0) is 22.9. The maximum absolute atomic E-state index is 12.1. The Labute approximate surface area is 182 Å². The van der Waals surface area contributed by atoms with Crippen molar-refractivity contribution < 1.29 is 19.2 Å². The van der Waals surface area contributed by atoms with Gasteiger partial charge in [-0.3, -0.25) is 30.6 Å². The van der Waals surface area contributed by atoms with Crippen molar-refractivity contribution in [2.24, 2.45) is 0 Å². The highest BCUT2D eigenvalue weighted by atomic mass is 16.6. The number of nitrogens with one attached hydrogen (secondary N) is 2. The Bertz CT molecular complexity index is 1100. The Morgan fingerprint density at radius 1 is 1.12 bits per heavy atom. The second kappa shape index (κ2) is 10.6. The lowest BCUT2D eigenvalue weighted by Gasteiger charge is -2.07. The van der Waals surface area contributed by atoms with E-state index in [2.05, 4.69) is 33.2 Å². The van der Waals surface area contributed by atoms with Crippen LogP contribution < -0.4 is 15.6 Å². The molecule has 0 aliphatic carbocycles. The molecule has 0 saturated heterocycles. The summed E-state index contributed by atoms with van der Waals surface area (Å²) in [4.78, 5) is 35.6. The Morgan fingerprint density at radius 3 is 2.59 bits per heavy atom. The summed E-state index contributed by atoms with van der Waals surface area (Å²) in [6.07, 6.45) is 2.02. The van der Waals surface area contributed by atoms with Gasteiger partial charge in [-0.2, -0.15) is 4.80 Å². The standard InChI is InChI=1S/C20H21N7O5/c1-2-3-12-32-15-10-8-14(9-11-15)19-22-25-26(24-19)13-18(28)21-23-20(29)16-6-4-5-7-17(16)27(30)31/h4-11H,2-3,12-13H2,1H3,(H,21,28)(H,23,29). The van der Waals surface area contributed by atoms with E-state index in [1.54, 1.807) is 24.3 Å². The fourth-order valence-electron chi connectivity index (χ4n) is 2.65. The molecule has 1 aromatic heterocycles. The van der Waals surface area contributed by atoms with Crippen molar-refractivity contribution in [3.63, 3.8) is 0 Å². The van der Waals surface area contributed by atoms with E-state index in [-0.39, 0.29) is 17.8 Å². The van der Waals surface area contributed by atoms with Crippen LogP contribution in [-0.2, 0) is 11.3 Å². The van der Waals surface area contributed by atoms with Crippen molar-refractivity contribution in [1.82, 2.24) is 31.1 Å². The molecule has 0 saturated carbocycles. The van der Waals surface area contributed by atoms with E-state index in [4.69, 9.17) is 4.74 Å². The highest BCUT2D eigenvalue weighted by molar-refractivity contribution is 5.98. The Hall–Kier alpha value is -4.35. The number of amides is 2. The number of aromatic nitrogens is 4. The highest BCUT2D eigenvalue weighted by Gasteiger charge is 2.19. The van der Waals surface area contributed by atoms with E-state index >= 15 is 0 Å². The Balaban J connectivity index is 1.54. The summed E-state index contributed by atoms with van der Waals surface area (Å²) in [5.74, 6) is -0.398. The van der Waals surface area contributed by atoms with Gasteiger partial charge in [0.25, 0.3) is 17.5 Å². The maximum Gasteiger partial charge on any atom is 0.282 e. The lowest BCUT2D eigenvalue weighted by molar-refractivity contribution is -0.385. The van der Waals surface area contributed by atoms with E-state index in [1.165, 1.54) is 24.3 Å². The van der Waals surface area contributed by atoms with Gasteiger partial charge in [0.05, 0.1) is 11.5 Å². The molecule has 3 rings (SSSR count). The van der Waals surface area contributed by atoms with E-state index in [1.807, 2.05) is 0 Å². The number of unbranched alkanes of at least 4 members (excludes halogenated alkanes) is 1. The number of tetrazole rings is 1. The van der Waals surface area contributed by atoms with Crippen molar-refractivity contribution in [1.29, 1.82) is 0 Å². The summed E-state index contributed by atoms with van der Waals surface area (Å²) in [6.45, 7) is 2.42. The van der Waals surface area contributed by atoms with E-state index in [0.29, 0.717) is 18.0 Å². The molecule has 0 aliphatic rings. The van der Waals surface area contributed by atoms with E-state index in [9.17, 15) is 19.7 Å². The predicted molar refractivity (Wildman–Crippen MR) is 112 cm³/mol. The summed E-state index contributed by atoms with van der Waals surface area (Å²) >= 11 is 0. The number of nitro benzene ring substituents is 1. The number of benzene rings is 2. The summed E-state index contributed by atoms with van der Waals surface area (Å²) in [5.41, 5.74) is 4.45. The molecule has 0 bridgehead atoms. The first-order chi connectivity index (χ1) is 15.5. The van der Waals surface area contributed by atoms with Crippen LogP contribution in [0.4, 0.5) is 5.69 Å². The summed E-state index contributed by atoms with van der Waals surface area (Å²) in [5, 5.41) is 22.9. The first-order valence-corrected chi connectivity index (χ1v) is 9.81. The average molecular weight is 439 g/mol. The van der Waals surface area contributed by atoms with Gasteiger partial charge in [-0.1, -0.05) is 25.5 Å². The van der Waals surface area contributed by atoms with Crippen LogP contribution in [0, 0.1) is 10.1 Å². The lowest BCUT2D eigenvalue weighted by atomic mass is 10.2. The van der Waals surface area contributed by atoms with Gasteiger partial charge in [0.2, 0.25) is 5.82 Å². The first-order valence-electron chi connectivity index (χ1n) is 9.81. The normalized spacial score (nSPS) is 10.4. The van der Waals surface area contributed by atoms with Crippen LogP contribution in [0.5, 0.6) is 5.75 Å². The minimum atomic E-state index is -0.820. The third-order valence-electron chi connectivity index (χ3n) is 4.28. The van der Waals surface area contributed by atoms with Crippen LogP contribution in [0.1, 0.15) is 30.1 Å². The minimum absolute atomic E-state index is 0.180. The molecule has 0 aliphatic heterocycles. The second-order valence-electron chi connectivity index (χ2n) is 6.65. The number of nitro groups is 1. The number of rotatable bonds is 9. The molecule has 12 heteroatoms. The molecule has 0 radical (unpaired) electrons.